The smallest absolute Gasteiger partial charge is 0.0693 e. The molecule has 0 saturated heterocycles. The molecule has 0 heterocycles. The number of hydrogen-bond donors (Lipinski definition) is 2. The normalized spacial score (nSPS) is 35.0. The Balaban J connectivity index is 1.75. The molecule has 0 aliphatic heterocycles. The summed E-state index contributed by atoms with van der Waals surface area (Å²) >= 11 is 0. The first-order valence-corrected chi connectivity index (χ1v) is 6.80. The molecule has 2 fully saturated rings. The van der Waals surface area contributed by atoms with Crippen LogP contribution in [0.3, 0.4) is 0 Å². The predicted molar refractivity (Wildman–Crippen MR) is 62.9 cm³/mol. The van der Waals surface area contributed by atoms with Crippen molar-refractivity contribution in [2.24, 2.45) is 0 Å². The van der Waals surface area contributed by atoms with Crippen molar-refractivity contribution in [2.45, 2.75) is 82.4 Å². The van der Waals surface area contributed by atoms with E-state index in [1.807, 2.05) is 0 Å². The number of aliphatic hydroxyl groups excluding tert-OH is 1. The molecule has 2 unspecified atom stereocenters. The van der Waals surface area contributed by atoms with Gasteiger partial charge in [0.2, 0.25) is 0 Å². The second-order valence-corrected chi connectivity index (χ2v) is 5.31. The highest BCUT2D eigenvalue weighted by atomic mass is 16.3. The summed E-state index contributed by atoms with van der Waals surface area (Å²) in [5.74, 6) is 0. The van der Waals surface area contributed by atoms with Gasteiger partial charge in [0.25, 0.3) is 0 Å². The van der Waals surface area contributed by atoms with E-state index in [9.17, 15) is 5.11 Å². The van der Waals surface area contributed by atoms with Crippen LogP contribution in [0.4, 0.5) is 0 Å². The summed E-state index contributed by atoms with van der Waals surface area (Å²) in [6.07, 6.45) is 13.0. The summed E-state index contributed by atoms with van der Waals surface area (Å²) < 4.78 is 0. The number of nitrogens with one attached hydrogen (secondary N) is 1. The average Bonchev–Trinajstić information content (AvgIpc) is 2.56. The molecular formula is C13H25NO. The minimum absolute atomic E-state index is 0.0737. The molecule has 0 bridgehead atoms. The van der Waals surface area contributed by atoms with E-state index in [0.29, 0.717) is 12.1 Å². The van der Waals surface area contributed by atoms with E-state index in [0.717, 1.165) is 6.42 Å². The molecule has 2 atom stereocenters. The van der Waals surface area contributed by atoms with Gasteiger partial charge in [0.1, 0.15) is 0 Å². The molecule has 88 valence electrons. The van der Waals surface area contributed by atoms with Crippen molar-refractivity contribution in [1.29, 1.82) is 0 Å². The lowest BCUT2D eigenvalue weighted by Crippen LogP contribution is -2.42. The fourth-order valence-corrected chi connectivity index (χ4v) is 3.06. The van der Waals surface area contributed by atoms with Gasteiger partial charge in [0, 0.05) is 12.1 Å². The summed E-state index contributed by atoms with van der Waals surface area (Å²) in [7, 11) is 0. The zero-order valence-electron chi connectivity index (χ0n) is 9.75. The van der Waals surface area contributed by atoms with Crippen LogP contribution in [0.5, 0.6) is 0 Å². The summed E-state index contributed by atoms with van der Waals surface area (Å²) in [6, 6.07) is 1.08. The highest BCUT2D eigenvalue weighted by Crippen LogP contribution is 2.22. The number of rotatable bonds is 2. The highest BCUT2D eigenvalue weighted by Gasteiger charge is 2.27. The monoisotopic (exact) mass is 211 g/mol. The predicted octanol–water partition coefficient (Wildman–Crippen LogP) is 2.60. The number of hydrogen-bond acceptors (Lipinski definition) is 2. The van der Waals surface area contributed by atoms with Crippen LogP contribution in [-0.4, -0.2) is 23.3 Å². The Hall–Kier alpha value is -0.0800. The van der Waals surface area contributed by atoms with Crippen molar-refractivity contribution in [1.82, 2.24) is 5.32 Å². The molecule has 15 heavy (non-hydrogen) atoms. The SMILES string of the molecule is OC1CCCC1NC1CCCCCCC1. The molecule has 0 spiro atoms. The van der Waals surface area contributed by atoms with Gasteiger partial charge in [-0.2, -0.15) is 0 Å². The maximum Gasteiger partial charge on any atom is 0.0693 e. The van der Waals surface area contributed by atoms with Crippen molar-refractivity contribution < 1.29 is 5.11 Å². The maximum atomic E-state index is 9.78. The highest BCUT2D eigenvalue weighted by molar-refractivity contribution is 4.85. The van der Waals surface area contributed by atoms with Gasteiger partial charge >= 0.3 is 0 Å². The first-order chi connectivity index (χ1) is 7.36. The fourth-order valence-electron chi connectivity index (χ4n) is 3.06. The molecule has 2 nitrogen and oxygen atoms in total. The van der Waals surface area contributed by atoms with Crippen LogP contribution >= 0.6 is 0 Å². The van der Waals surface area contributed by atoms with Crippen LogP contribution in [0.1, 0.15) is 64.2 Å². The third-order valence-corrected chi connectivity index (χ3v) is 4.03. The summed E-state index contributed by atoms with van der Waals surface area (Å²) in [4.78, 5) is 0. The molecule has 2 aliphatic rings. The first-order valence-electron chi connectivity index (χ1n) is 6.80. The molecular weight excluding hydrogens is 186 g/mol. The lowest BCUT2D eigenvalue weighted by Gasteiger charge is -2.26. The molecule has 2 N–H and O–H groups in total. The molecule has 2 saturated carbocycles. The molecule has 0 aromatic heterocycles. The van der Waals surface area contributed by atoms with Crippen molar-refractivity contribution in [3.8, 4) is 0 Å². The van der Waals surface area contributed by atoms with Gasteiger partial charge in [-0.15, -0.1) is 0 Å². The average molecular weight is 211 g/mol. The standard InChI is InChI=1S/C13H25NO/c15-13-10-6-9-12(13)14-11-7-4-2-1-3-5-8-11/h11-15H,1-10H2. The zero-order valence-corrected chi connectivity index (χ0v) is 9.75. The van der Waals surface area contributed by atoms with Crippen molar-refractivity contribution in [3.05, 3.63) is 0 Å². The second kappa shape index (κ2) is 5.86. The van der Waals surface area contributed by atoms with Crippen molar-refractivity contribution >= 4 is 0 Å². The summed E-state index contributed by atoms with van der Waals surface area (Å²) in [5, 5.41) is 13.5. The largest absolute Gasteiger partial charge is 0.392 e. The van der Waals surface area contributed by atoms with E-state index >= 15 is 0 Å². The minimum atomic E-state index is -0.0737. The molecule has 2 heteroatoms. The second-order valence-electron chi connectivity index (χ2n) is 5.31. The Kier molecular flexibility index (Phi) is 4.45. The van der Waals surface area contributed by atoms with Gasteiger partial charge < -0.3 is 10.4 Å². The lowest BCUT2D eigenvalue weighted by atomic mass is 9.96. The van der Waals surface area contributed by atoms with E-state index in [-0.39, 0.29) is 6.10 Å². The third kappa shape index (κ3) is 3.46. The van der Waals surface area contributed by atoms with Crippen LogP contribution in [0.25, 0.3) is 0 Å². The minimum Gasteiger partial charge on any atom is -0.392 e. The van der Waals surface area contributed by atoms with Gasteiger partial charge in [0.15, 0.2) is 0 Å². The van der Waals surface area contributed by atoms with Gasteiger partial charge in [-0.1, -0.05) is 32.1 Å². The Bertz CT molecular complexity index is 175. The molecule has 2 rings (SSSR count). The Labute approximate surface area is 93.5 Å². The van der Waals surface area contributed by atoms with E-state index in [2.05, 4.69) is 5.32 Å². The van der Waals surface area contributed by atoms with Crippen LogP contribution in [0, 0.1) is 0 Å². The number of aliphatic hydroxyl groups is 1. The first kappa shape index (κ1) is 11.4. The van der Waals surface area contributed by atoms with E-state index < -0.39 is 0 Å². The van der Waals surface area contributed by atoms with Crippen LogP contribution in [0.2, 0.25) is 0 Å². The van der Waals surface area contributed by atoms with Crippen LogP contribution in [-0.2, 0) is 0 Å². The lowest BCUT2D eigenvalue weighted by molar-refractivity contribution is 0.139. The molecule has 0 amide bonds. The van der Waals surface area contributed by atoms with Gasteiger partial charge in [-0.25, -0.2) is 0 Å². The molecule has 0 aromatic carbocycles. The quantitative estimate of drug-likeness (QED) is 0.736. The van der Waals surface area contributed by atoms with Crippen molar-refractivity contribution in [2.75, 3.05) is 0 Å². The molecule has 2 aliphatic carbocycles. The maximum absolute atomic E-state index is 9.78. The fraction of sp³-hybridized carbons (Fsp3) is 1.00. The summed E-state index contributed by atoms with van der Waals surface area (Å²) in [5.41, 5.74) is 0. The Morgan fingerprint density at radius 3 is 2.00 bits per heavy atom. The Morgan fingerprint density at radius 1 is 0.733 bits per heavy atom. The van der Waals surface area contributed by atoms with Crippen LogP contribution < -0.4 is 5.32 Å². The van der Waals surface area contributed by atoms with Crippen LogP contribution in [0.15, 0.2) is 0 Å². The van der Waals surface area contributed by atoms with E-state index in [1.165, 1.54) is 57.8 Å². The summed E-state index contributed by atoms with van der Waals surface area (Å²) in [6.45, 7) is 0. The van der Waals surface area contributed by atoms with E-state index in [4.69, 9.17) is 0 Å². The molecule has 0 radical (unpaired) electrons. The topological polar surface area (TPSA) is 32.3 Å². The zero-order chi connectivity index (χ0) is 10.5. The van der Waals surface area contributed by atoms with Gasteiger partial charge in [-0.3, -0.25) is 0 Å². The molecule has 0 aromatic rings. The van der Waals surface area contributed by atoms with E-state index in [1.54, 1.807) is 0 Å². The Morgan fingerprint density at radius 2 is 1.40 bits per heavy atom. The third-order valence-electron chi connectivity index (χ3n) is 4.03. The van der Waals surface area contributed by atoms with Gasteiger partial charge in [-0.05, 0) is 32.1 Å². The van der Waals surface area contributed by atoms with Gasteiger partial charge in [0.05, 0.1) is 6.10 Å². The van der Waals surface area contributed by atoms with Crippen molar-refractivity contribution in [3.63, 3.8) is 0 Å².